The second kappa shape index (κ2) is 16.6. The third-order valence-electron chi connectivity index (χ3n) is 0. The Bertz CT molecular complexity index is 118. The van der Waals surface area contributed by atoms with E-state index in [1.165, 1.54) is 0 Å². The van der Waals surface area contributed by atoms with Crippen LogP contribution in [-0.2, 0) is 4.57 Å². The normalized spacial score (nSPS) is 6.92. The summed E-state index contributed by atoms with van der Waals surface area (Å²) in [5, 5.41) is 16.7. The first-order valence-corrected chi connectivity index (χ1v) is 2.80. The van der Waals surface area contributed by atoms with Crippen LogP contribution in [0.4, 0.5) is 4.79 Å². The van der Waals surface area contributed by atoms with Crippen molar-refractivity contribution in [2.45, 2.75) is 0 Å². The monoisotopic (exact) mass is 275 g/mol. The molecule has 0 rings (SSSR count). The van der Waals surface area contributed by atoms with Gasteiger partial charge in [-0.05, 0) is 6.16 Å². The van der Waals surface area contributed by atoms with E-state index in [-0.39, 0.29) is 113 Å². The summed E-state index contributed by atoms with van der Waals surface area (Å²) in [5.41, 5.74) is 0. The number of hydrogen-bond acceptors (Lipinski definition) is 7. The fraction of sp³-hybridized carbons (Fsp3) is 0. The molecule has 0 aliphatic rings. The Labute approximate surface area is 158 Å². The standard InChI is InChI=1S/CH2O3.3Ca.H3O4P/c2-1(3)4;;;;1-5(2,3)4/h(H2,2,3,4);;;;(H3,1,2,3,4)/q;3*+2;/p-5. The molecule has 7 nitrogen and oxygen atoms in total. The van der Waals surface area contributed by atoms with Gasteiger partial charge in [-0.1, -0.05) is 0 Å². The van der Waals surface area contributed by atoms with Gasteiger partial charge in [0.2, 0.25) is 0 Å². The molecule has 11 heteroatoms. The van der Waals surface area contributed by atoms with Crippen LogP contribution in [0.25, 0.3) is 0 Å². The molecule has 56 valence electrons. The van der Waals surface area contributed by atoms with Gasteiger partial charge in [0.25, 0.3) is 0 Å². The Morgan fingerprint density at radius 3 is 0.917 bits per heavy atom. The second-order valence-corrected chi connectivity index (χ2v) is 1.59. The van der Waals surface area contributed by atoms with Crippen LogP contribution in [0, 0.1) is 0 Å². The third-order valence-corrected chi connectivity index (χ3v) is 0. The van der Waals surface area contributed by atoms with Crippen LogP contribution < -0.4 is 24.9 Å². The van der Waals surface area contributed by atoms with E-state index in [9.17, 15) is 0 Å². The molecule has 0 aromatic heterocycles. The molecule has 0 saturated carbocycles. The Balaban J connectivity index is -0.0000000221. The maximum atomic E-state index is 8.55. The van der Waals surface area contributed by atoms with Crippen molar-refractivity contribution in [3.05, 3.63) is 0 Å². The van der Waals surface area contributed by atoms with Gasteiger partial charge in [0.15, 0.2) is 0 Å². The SMILES string of the molecule is O=C([O-])[O-].O=P([O-])([O-])[O-].[Ca+2].[Ca+2].[Ca+2]. The number of carbonyl (C=O) groups excluding carboxylic acids is 1. The van der Waals surface area contributed by atoms with Crippen molar-refractivity contribution in [1.29, 1.82) is 0 Å². The molecule has 0 fully saturated rings. The Morgan fingerprint density at radius 1 is 0.917 bits per heavy atom. The summed E-state index contributed by atoms with van der Waals surface area (Å²) in [6.45, 7) is 0. The average molecular weight is 275 g/mol. The summed E-state index contributed by atoms with van der Waals surface area (Å²) >= 11 is 0. The van der Waals surface area contributed by atoms with Crippen molar-refractivity contribution in [3.8, 4) is 0 Å². The largest absolute Gasteiger partial charge is 2.00 e. The smallest absolute Gasteiger partial charge is 0.822 e. The van der Waals surface area contributed by atoms with Crippen molar-refractivity contribution in [2.75, 3.05) is 0 Å². The summed E-state index contributed by atoms with van der Waals surface area (Å²) in [7, 11) is -5.39. The van der Waals surface area contributed by atoms with Gasteiger partial charge in [0, 0.05) is 0 Å². The molecule has 0 spiro atoms. The fourth-order valence-corrected chi connectivity index (χ4v) is 0. The molecule has 0 aromatic carbocycles. The first-order valence-electron chi connectivity index (χ1n) is 1.34. The van der Waals surface area contributed by atoms with Crippen LogP contribution in [0.3, 0.4) is 0 Å². The van der Waals surface area contributed by atoms with E-state index in [1.54, 1.807) is 0 Å². The zero-order chi connectivity index (χ0) is 8.08. The van der Waals surface area contributed by atoms with Gasteiger partial charge in [-0.3, -0.25) is 0 Å². The quantitative estimate of drug-likeness (QED) is 0.315. The molecule has 0 radical (unpaired) electrons. The molecule has 0 N–H and O–H groups in total. The van der Waals surface area contributed by atoms with Crippen LogP contribution in [0.15, 0.2) is 0 Å². The third kappa shape index (κ3) is 195. The topological polar surface area (TPSA) is 149 Å². The molecule has 0 bridgehead atoms. The van der Waals surface area contributed by atoms with E-state index >= 15 is 0 Å². The van der Waals surface area contributed by atoms with Crippen LogP contribution in [-0.4, -0.2) is 119 Å². The summed E-state index contributed by atoms with van der Waals surface area (Å²) in [4.78, 5) is 34.0. The zero-order valence-corrected chi connectivity index (χ0v) is 13.4. The first kappa shape index (κ1) is 29.4. The van der Waals surface area contributed by atoms with Gasteiger partial charge in [0.1, 0.15) is 0 Å². The van der Waals surface area contributed by atoms with Gasteiger partial charge in [0.05, 0.1) is 0 Å². The van der Waals surface area contributed by atoms with Gasteiger partial charge in [-0.2, -0.15) is 7.82 Å². The number of rotatable bonds is 0. The molecule has 0 aliphatic carbocycles. The Morgan fingerprint density at radius 2 is 0.917 bits per heavy atom. The minimum atomic E-state index is -5.39. The molecule has 0 heterocycles. The minimum absolute atomic E-state index is 0. The Hall–Kier alpha value is 3.16. The molecule has 0 aromatic rings. The molecule has 0 unspecified atom stereocenters. The van der Waals surface area contributed by atoms with Crippen molar-refractivity contribution in [3.63, 3.8) is 0 Å². The predicted octanol–water partition coefficient (Wildman–Crippen LogP) is -6.41. The van der Waals surface area contributed by atoms with Crippen LogP contribution >= 0.6 is 7.82 Å². The van der Waals surface area contributed by atoms with Crippen molar-refractivity contribution in [2.24, 2.45) is 0 Å². The fourth-order valence-electron chi connectivity index (χ4n) is 0. The number of carbonyl (C=O) groups is 1. The number of hydrogen-bond donors (Lipinski definition) is 0. The van der Waals surface area contributed by atoms with Crippen molar-refractivity contribution in [1.82, 2.24) is 0 Å². The molecule has 0 atom stereocenters. The summed E-state index contributed by atoms with van der Waals surface area (Å²) in [6.07, 6.45) is -2.33. The molecular formula is CCa3O7P+. The van der Waals surface area contributed by atoms with Gasteiger partial charge in [-0.25, -0.2) is 0 Å². The van der Waals surface area contributed by atoms with E-state index in [0.29, 0.717) is 0 Å². The van der Waals surface area contributed by atoms with Crippen LogP contribution in [0.1, 0.15) is 0 Å². The Kier molecular flexibility index (Phi) is 40.7. The van der Waals surface area contributed by atoms with Crippen LogP contribution in [0.5, 0.6) is 0 Å². The van der Waals surface area contributed by atoms with Gasteiger partial charge >= 0.3 is 113 Å². The number of phosphoric acid groups is 1. The average Bonchev–Trinajstić information content (AvgIpc) is 1.19. The van der Waals surface area contributed by atoms with Crippen molar-refractivity contribution >= 4 is 127 Å². The molecule has 12 heavy (non-hydrogen) atoms. The van der Waals surface area contributed by atoms with Gasteiger partial charge in [-0.15, -0.1) is 0 Å². The second-order valence-electron chi connectivity index (χ2n) is 0.697. The van der Waals surface area contributed by atoms with E-state index in [1.807, 2.05) is 0 Å². The predicted molar refractivity (Wildman–Crippen MR) is 30.3 cm³/mol. The number of carboxylic acid groups (broad SMARTS) is 2. The van der Waals surface area contributed by atoms with E-state index in [0.717, 1.165) is 0 Å². The molecular weight excluding hydrogens is 275 g/mol. The maximum Gasteiger partial charge on any atom is 2.00 e. The van der Waals surface area contributed by atoms with Gasteiger partial charge < -0.3 is 34.3 Å². The van der Waals surface area contributed by atoms with E-state index in [2.05, 4.69) is 0 Å². The molecule has 0 amide bonds. The van der Waals surface area contributed by atoms with Crippen LogP contribution in [0.2, 0.25) is 0 Å². The zero-order valence-electron chi connectivity index (χ0n) is 5.93. The summed E-state index contributed by atoms with van der Waals surface area (Å²) in [5.74, 6) is 0. The molecule has 0 aliphatic heterocycles. The molecule has 0 saturated heterocycles. The minimum Gasteiger partial charge on any atom is -0.822 e. The summed E-state index contributed by atoms with van der Waals surface area (Å²) < 4.78 is 8.55. The van der Waals surface area contributed by atoms with Crippen molar-refractivity contribution < 1.29 is 34.3 Å². The first-order chi connectivity index (χ1) is 3.73. The van der Waals surface area contributed by atoms with E-state index < -0.39 is 14.0 Å². The summed E-state index contributed by atoms with van der Waals surface area (Å²) in [6, 6.07) is 0. The van der Waals surface area contributed by atoms with E-state index in [4.69, 9.17) is 34.3 Å². The maximum absolute atomic E-state index is 8.55.